The van der Waals surface area contributed by atoms with Crippen molar-refractivity contribution in [3.8, 4) is 0 Å². The van der Waals surface area contributed by atoms with Crippen LogP contribution in [-0.4, -0.2) is 13.1 Å². The molecule has 1 N–H and O–H groups in total. The number of rotatable bonds is 5. The molecule has 0 saturated heterocycles. The maximum atomic E-state index is 3.47. The first-order valence-electron chi connectivity index (χ1n) is 7.41. The van der Waals surface area contributed by atoms with Gasteiger partial charge in [-0.15, -0.1) is 0 Å². The van der Waals surface area contributed by atoms with Crippen molar-refractivity contribution >= 4 is 0 Å². The molecule has 2 rings (SSSR count). The standard InChI is InChI=1S/C17H27N/c1-5-7-13-8-10-14(11-9-13)15-12-16(18-4)17(15,3)6-2/h8-11,15-16,18H,5-7,12H2,1-4H3. The largest absolute Gasteiger partial charge is 0.316 e. The highest BCUT2D eigenvalue weighted by Gasteiger charge is 2.49. The molecule has 1 fully saturated rings. The highest BCUT2D eigenvalue weighted by molar-refractivity contribution is 5.31. The molecular formula is C17H27N. The maximum absolute atomic E-state index is 3.47. The summed E-state index contributed by atoms with van der Waals surface area (Å²) in [6.07, 6.45) is 4.97. The first kappa shape index (κ1) is 13.6. The molecule has 1 aliphatic carbocycles. The van der Waals surface area contributed by atoms with Gasteiger partial charge in [-0.1, -0.05) is 51.5 Å². The third-order valence-electron chi connectivity index (χ3n) is 5.09. The molecule has 3 atom stereocenters. The van der Waals surface area contributed by atoms with Crippen LogP contribution in [0, 0.1) is 5.41 Å². The lowest BCUT2D eigenvalue weighted by molar-refractivity contribution is 0.0495. The molecule has 0 spiro atoms. The monoisotopic (exact) mass is 245 g/mol. The van der Waals surface area contributed by atoms with Gasteiger partial charge in [-0.05, 0) is 48.8 Å². The van der Waals surface area contributed by atoms with E-state index in [0.717, 1.165) is 5.92 Å². The molecular weight excluding hydrogens is 218 g/mol. The Morgan fingerprint density at radius 2 is 1.89 bits per heavy atom. The fourth-order valence-electron chi connectivity index (χ4n) is 3.52. The number of aryl methyl sites for hydroxylation is 1. The second kappa shape index (κ2) is 5.44. The van der Waals surface area contributed by atoms with Gasteiger partial charge in [-0.25, -0.2) is 0 Å². The van der Waals surface area contributed by atoms with Crippen LogP contribution in [0.1, 0.15) is 57.1 Å². The van der Waals surface area contributed by atoms with E-state index >= 15 is 0 Å². The SMILES string of the molecule is CCCc1ccc(C2CC(NC)C2(C)CC)cc1. The zero-order chi connectivity index (χ0) is 13.2. The molecule has 0 aromatic heterocycles. The Morgan fingerprint density at radius 1 is 1.22 bits per heavy atom. The second-order valence-electron chi connectivity index (χ2n) is 5.98. The normalized spacial score (nSPS) is 31.1. The van der Waals surface area contributed by atoms with Gasteiger partial charge < -0.3 is 5.32 Å². The summed E-state index contributed by atoms with van der Waals surface area (Å²) in [5, 5.41) is 3.47. The Morgan fingerprint density at radius 3 is 2.39 bits per heavy atom. The first-order valence-corrected chi connectivity index (χ1v) is 7.41. The number of hydrogen-bond acceptors (Lipinski definition) is 1. The molecule has 0 amide bonds. The van der Waals surface area contributed by atoms with Crippen LogP contribution in [0.5, 0.6) is 0 Å². The summed E-state index contributed by atoms with van der Waals surface area (Å²) in [4.78, 5) is 0. The molecule has 1 aliphatic rings. The smallest absolute Gasteiger partial charge is 0.0130 e. The molecule has 1 heteroatoms. The van der Waals surface area contributed by atoms with Gasteiger partial charge in [0.2, 0.25) is 0 Å². The molecule has 1 nitrogen and oxygen atoms in total. The van der Waals surface area contributed by atoms with Crippen molar-refractivity contribution in [3.05, 3.63) is 35.4 Å². The minimum atomic E-state index is 0.432. The average Bonchev–Trinajstić information content (AvgIpc) is 2.39. The van der Waals surface area contributed by atoms with Gasteiger partial charge in [0.25, 0.3) is 0 Å². The highest BCUT2D eigenvalue weighted by Crippen LogP contribution is 2.54. The fourth-order valence-corrected chi connectivity index (χ4v) is 3.52. The summed E-state index contributed by atoms with van der Waals surface area (Å²) >= 11 is 0. The summed E-state index contributed by atoms with van der Waals surface area (Å²) in [5.41, 5.74) is 3.44. The van der Waals surface area contributed by atoms with E-state index in [9.17, 15) is 0 Å². The van der Waals surface area contributed by atoms with Crippen molar-refractivity contribution in [2.24, 2.45) is 5.41 Å². The van der Waals surface area contributed by atoms with Gasteiger partial charge in [0.05, 0.1) is 0 Å². The lowest BCUT2D eigenvalue weighted by Gasteiger charge is -2.54. The summed E-state index contributed by atoms with van der Waals surface area (Å²) in [7, 11) is 2.10. The van der Waals surface area contributed by atoms with Crippen LogP contribution >= 0.6 is 0 Å². The fraction of sp³-hybridized carbons (Fsp3) is 0.647. The summed E-state index contributed by atoms with van der Waals surface area (Å²) in [6.45, 7) is 7.00. The first-order chi connectivity index (χ1) is 8.65. The van der Waals surface area contributed by atoms with Crippen LogP contribution in [-0.2, 0) is 6.42 Å². The second-order valence-corrected chi connectivity index (χ2v) is 5.98. The third kappa shape index (κ3) is 2.21. The Kier molecular flexibility index (Phi) is 4.11. The minimum Gasteiger partial charge on any atom is -0.316 e. The van der Waals surface area contributed by atoms with Gasteiger partial charge in [-0.3, -0.25) is 0 Å². The molecule has 3 unspecified atom stereocenters. The number of nitrogens with one attached hydrogen (secondary N) is 1. The lowest BCUT2D eigenvalue weighted by atomic mass is 9.54. The Bertz CT molecular complexity index is 381. The predicted molar refractivity (Wildman–Crippen MR) is 79.0 cm³/mol. The van der Waals surface area contributed by atoms with E-state index in [1.807, 2.05) is 0 Å². The van der Waals surface area contributed by atoms with Gasteiger partial charge in [0.15, 0.2) is 0 Å². The van der Waals surface area contributed by atoms with E-state index in [1.54, 1.807) is 0 Å². The van der Waals surface area contributed by atoms with E-state index in [4.69, 9.17) is 0 Å². The molecule has 1 aromatic rings. The van der Waals surface area contributed by atoms with Crippen LogP contribution in [0.2, 0.25) is 0 Å². The van der Waals surface area contributed by atoms with Crippen molar-refractivity contribution in [2.45, 2.75) is 58.4 Å². The molecule has 0 aliphatic heterocycles. The van der Waals surface area contributed by atoms with Crippen molar-refractivity contribution in [1.29, 1.82) is 0 Å². The van der Waals surface area contributed by atoms with Crippen molar-refractivity contribution < 1.29 is 0 Å². The van der Waals surface area contributed by atoms with E-state index in [1.165, 1.54) is 36.8 Å². The lowest BCUT2D eigenvalue weighted by Crippen LogP contribution is -2.55. The molecule has 0 heterocycles. The summed E-state index contributed by atoms with van der Waals surface area (Å²) in [6, 6.07) is 10.0. The van der Waals surface area contributed by atoms with Crippen LogP contribution in [0.15, 0.2) is 24.3 Å². The third-order valence-corrected chi connectivity index (χ3v) is 5.09. The van der Waals surface area contributed by atoms with Crippen LogP contribution < -0.4 is 5.32 Å². The topological polar surface area (TPSA) is 12.0 Å². The van der Waals surface area contributed by atoms with E-state index in [2.05, 4.69) is 57.4 Å². The Hall–Kier alpha value is -0.820. The predicted octanol–water partition coefficient (Wildman–Crippen LogP) is 4.13. The Balaban J connectivity index is 2.13. The van der Waals surface area contributed by atoms with E-state index in [-0.39, 0.29) is 0 Å². The van der Waals surface area contributed by atoms with Crippen molar-refractivity contribution in [1.82, 2.24) is 5.32 Å². The van der Waals surface area contributed by atoms with E-state index in [0.29, 0.717) is 11.5 Å². The van der Waals surface area contributed by atoms with E-state index < -0.39 is 0 Å². The van der Waals surface area contributed by atoms with Crippen LogP contribution in [0.4, 0.5) is 0 Å². The zero-order valence-corrected chi connectivity index (χ0v) is 12.3. The Labute approximate surface area is 112 Å². The summed E-state index contributed by atoms with van der Waals surface area (Å²) in [5.74, 6) is 0.732. The highest BCUT2D eigenvalue weighted by atomic mass is 14.9. The van der Waals surface area contributed by atoms with Crippen molar-refractivity contribution in [3.63, 3.8) is 0 Å². The molecule has 18 heavy (non-hydrogen) atoms. The van der Waals surface area contributed by atoms with Gasteiger partial charge in [0, 0.05) is 6.04 Å². The maximum Gasteiger partial charge on any atom is 0.0130 e. The van der Waals surface area contributed by atoms with Gasteiger partial charge in [-0.2, -0.15) is 0 Å². The molecule has 0 bridgehead atoms. The number of benzene rings is 1. The average molecular weight is 245 g/mol. The van der Waals surface area contributed by atoms with Crippen molar-refractivity contribution in [2.75, 3.05) is 7.05 Å². The molecule has 1 saturated carbocycles. The number of hydrogen-bond donors (Lipinski definition) is 1. The minimum absolute atomic E-state index is 0.432. The van der Waals surface area contributed by atoms with Gasteiger partial charge >= 0.3 is 0 Å². The molecule has 100 valence electrons. The quantitative estimate of drug-likeness (QED) is 0.822. The van der Waals surface area contributed by atoms with Crippen LogP contribution in [0.3, 0.4) is 0 Å². The van der Waals surface area contributed by atoms with Gasteiger partial charge in [0.1, 0.15) is 0 Å². The molecule has 1 aromatic carbocycles. The molecule has 0 radical (unpaired) electrons. The zero-order valence-electron chi connectivity index (χ0n) is 12.3. The van der Waals surface area contributed by atoms with Crippen LogP contribution in [0.25, 0.3) is 0 Å². The summed E-state index contributed by atoms with van der Waals surface area (Å²) < 4.78 is 0.